The first-order valence-electron chi connectivity index (χ1n) is 27.9. The van der Waals surface area contributed by atoms with Crippen molar-refractivity contribution in [2.24, 2.45) is 5.41 Å². The molecule has 2 amide bonds. The molecule has 12 nitrogen and oxygen atoms in total. The summed E-state index contributed by atoms with van der Waals surface area (Å²) in [5.74, 6) is 5.62. The predicted octanol–water partition coefficient (Wildman–Crippen LogP) is 15.4. The normalized spacial score (nSPS) is 12.7. The van der Waals surface area contributed by atoms with Crippen LogP contribution >= 0.6 is 0 Å². The van der Waals surface area contributed by atoms with Gasteiger partial charge in [-0.05, 0) is 159 Å². The Labute approximate surface area is 482 Å². The van der Waals surface area contributed by atoms with E-state index in [9.17, 15) is 40.8 Å². The van der Waals surface area contributed by atoms with E-state index < -0.39 is 29.4 Å². The van der Waals surface area contributed by atoms with E-state index in [-0.39, 0.29) is 82.7 Å². The molecule has 0 saturated heterocycles. The van der Waals surface area contributed by atoms with Crippen molar-refractivity contribution in [3.63, 3.8) is 0 Å². The average Bonchev–Trinajstić information content (AvgIpc) is 3.39. The zero-order chi connectivity index (χ0) is 61.5. The van der Waals surface area contributed by atoms with Gasteiger partial charge in [0, 0.05) is 53.5 Å². The monoisotopic (exact) mass is 1160 g/mol. The molecule has 1 atom stereocenters. The van der Waals surface area contributed by atoms with E-state index in [0.717, 1.165) is 51.9 Å². The van der Waals surface area contributed by atoms with E-state index in [1.165, 1.54) is 38.3 Å². The largest absolute Gasteiger partial charge is 0.534 e. The molecule has 4 aromatic rings. The van der Waals surface area contributed by atoms with Crippen LogP contribution in [0.3, 0.4) is 0 Å². The first-order chi connectivity index (χ1) is 37.5. The van der Waals surface area contributed by atoms with Crippen molar-refractivity contribution in [3.8, 4) is 17.6 Å². The zero-order valence-electron chi connectivity index (χ0n) is 51.2. The Morgan fingerprint density at radius 2 is 0.963 bits per heavy atom. The third-order valence-corrected chi connectivity index (χ3v) is 21.3. The first-order valence-corrected chi connectivity index (χ1v) is 32.2. The van der Waals surface area contributed by atoms with Gasteiger partial charge in [-0.1, -0.05) is 130 Å². The molecule has 0 aliphatic rings. The van der Waals surface area contributed by atoms with Crippen molar-refractivity contribution in [2.75, 3.05) is 24.9 Å². The summed E-state index contributed by atoms with van der Waals surface area (Å²) in [6, 6.07) is 23.1. The van der Waals surface area contributed by atoms with Crippen molar-refractivity contribution < 1.29 is 58.9 Å². The molecule has 446 valence electrons. The van der Waals surface area contributed by atoms with Gasteiger partial charge < -0.3 is 28.7 Å². The number of anilines is 2. The maximum absolute atomic E-state index is 12.7. The van der Waals surface area contributed by atoms with Crippen LogP contribution in [-0.4, -0.2) is 66.3 Å². The van der Waals surface area contributed by atoms with E-state index in [4.69, 9.17) is 4.43 Å². The summed E-state index contributed by atoms with van der Waals surface area (Å²) in [5, 5.41) is 5.98. The van der Waals surface area contributed by atoms with Crippen LogP contribution in [0.5, 0.6) is 5.75 Å². The minimum atomic E-state index is -5.77. The number of ether oxygens (including phenoxy) is 2. The lowest BCUT2D eigenvalue weighted by Crippen LogP contribution is -2.46. The summed E-state index contributed by atoms with van der Waals surface area (Å²) in [6.45, 7) is 34.0. The maximum atomic E-state index is 12.7. The van der Waals surface area contributed by atoms with E-state index in [0.29, 0.717) is 31.4 Å². The summed E-state index contributed by atoms with van der Waals surface area (Å²) in [7, 11) is -5.10. The van der Waals surface area contributed by atoms with Gasteiger partial charge in [0.2, 0.25) is 11.8 Å². The Hall–Kier alpha value is -5.96. The number of halogens is 3. The summed E-state index contributed by atoms with van der Waals surface area (Å²) in [5.41, 5.74) is 3.66. The molecule has 2 N–H and O–H groups in total. The molecular weight excluding hydrogens is 1070 g/mol. The Balaban J connectivity index is 0.000000432. The van der Waals surface area contributed by atoms with Gasteiger partial charge in [-0.15, -0.1) is 0 Å². The zero-order valence-corrected chi connectivity index (χ0v) is 53.0. The Bertz CT molecular complexity index is 3010. The number of carbonyl (C=O) groups excluding carboxylic acids is 4. The van der Waals surface area contributed by atoms with Crippen molar-refractivity contribution in [2.45, 2.75) is 202 Å². The van der Waals surface area contributed by atoms with Crippen LogP contribution in [0.1, 0.15) is 184 Å². The van der Waals surface area contributed by atoms with Gasteiger partial charge >= 0.3 is 27.6 Å². The highest BCUT2D eigenvalue weighted by molar-refractivity contribution is 7.88. The van der Waals surface area contributed by atoms with Gasteiger partial charge in [-0.2, -0.15) is 21.6 Å². The van der Waals surface area contributed by atoms with Crippen molar-refractivity contribution in [1.29, 1.82) is 0 Å². The summed E-state index contributed by atoms with van der Waals surface area (Å²) < 4.78 is 81.5. The second kappa shape index (κ2) is 28.8. The number of methoxy groups -OCH3 is 2. The molecule has 0 bridgehead atoms. The van der Waals surface area contributed by atoms with Gasteiger partial charge in [0.15, 0.2) is 8.32 Å². The van der Waals surface area contributed by atoms with Gasteiger partial charge in [-0.25, -0.2) is 0 Å². The second-order valence-electron chi connectivity index (χ2n) is 23.5. The number of esters is 2. The van der Waals surface area contributed by atoms with E-state index in [1.807, 2.05) is 45.9 Å². The second-order valence-corrected chi connectivity index (χ2v) is 29.8. The van der Waals surface area contributed by atoms with Gasteiger partial charge in [0.05, 0.1) is 14.2 Å². The highest BCUT2D eigenvalue weighted by Gasteiger charge is 2.49. The number of hydrogen-bond acceptors (Lipinski definition) is 10. The third-order valence-electron chi connectivity index (χ3n) is 15.9. The fourth-order valence-corrected chi connectivity index (χ4v) is 11.3. The highest BCUT2D eigenvalue weighted by Crippen LogP contribution is 2.44. The number of benzene rings is 4. The van der Waals surface area contributed by atoms with Gasteiger partial charge in [-0.3, -0.25) is 19.2 Å². The molecule has 0 radical (unpaired) electrons. The van der Waals surface area contributed by atoms with Crippen LogP contribution in [0.15, 0.2) is 72.8 Å². The lowest BCUT2D eigenvalue weighted by atomic mass is 9.70. The summed E-state index contributed by atoms with van der Waals surface area (Å²) in [6.07, 6.45) is 4.72. The molecule has 0 aliphatic heterocycles. The Kier molecular flexibility index (Phi) is 24.7. The highest BCUT2D eigenvalue weighted by atomic mass is 32.2. The van der Waals surface area contributed by atoms with Crippen LogP contribution in [0.2, 0.25) is 18.1 Å². The number of amides is 2. The molecule has 0 aliphatic carbocycles. The Morgan fingerprint density at radius 1 is 0.580 bits per heavy atom. The molecule has 17 heteroatoms. The fourth-order valence-electron chi connectivity index (χ4n) is 9.43. The maximum Gasteiger partial charge on any atom is 0.534 e. The molecule has 0 heterocycles. The van der Waals surface area contributed by atoms with Crippen molar-refractivity contribution in [3.05, 3.63) is 123 Å². The van der Waals surface area contributed by atoms with Crippen LogP contribution in [-0.2, 0) is 54.0 Å². The number of hydrogen-bond donors (Lipinski definition) is 2. The fraction of sp³-hybridized carbons (Fsp3) is 0.531. The SMILES string of the molecule is CCC(CC)(c1ccc(C#CC(O[Si](C)(C)C(C)(C)C)C(C)(C)C)c(C)c1)c1ccc(NC(=O)CCCC(=O)OC)c(C)c1.CCC(CC)(c1ccc(NC(=O)CCCC(=O)OC)c(C)c1)c1ccc(OS(=O)(=O)C(F)(F)F)c(C)c1. The third kappa shape index (κ3) is 18.3. The lowest BCUT2D eigenvalue weighted by Gasteiger charge is -2.41. The molecule has 81 heavy (non-hydrogen) atoms. The number of aryl methyl sites for hydroxylation is 4. The van der Waals surface area contributed by atoms with E-state index in [2.05, 4.69) is 142 Å². The molecule has 0 saturated carbocycles. The lowest BCUT2D eigenvalue weighted by molar-refractivity contribution is -0.141. The molecule has 0 aromatic heterocycles. The summed E-state index contributed by atoms with van der Waals surface area (Å²) >= 11 is 0. The predicted molar refractivity (Wildman–Crippen MR) is 320 cm³/mol. The minimum absolute atomic E-state index is 0.0948. The molecule has 0 spiro atoms. The topological polar surface area (TPSA) is 163 Å². The quantitative estimate of drug-likeness (QED) is 0.0255. The smallest absolute Gasteiger partial charge is 0.469 e. The van der Waals surface area contributed by atoms with Gasteiger partial charge in [0.1, 0.15) is 11.9 Å². The average molecular weight is 1160 g/mol. The molecular formula is C64H89F3N2O10SSi. The Morgan fingerprint density at radius 3 is 1.30 bits per heavy atom. The minimum Gasteiger partial charge on any atom is -0.469 e. The van der Waals surface area contributed by atoms with E-state index >= 15 is 0 Å². The van der Waals surface area contributed by atoms with Crippen LogP contribution in [0, 0.1) is 45.0 Å². The molecule has 1 unspecified atom stereocenters. The van der Waals surface area contributed by atoms with Crippen LogP contribution in [0.4, 0.5) is 24.5 Å². The van der Waals surface area contributed by atoms with Crippen molar-refractivity contribution in [1.82, 2.24) is 0 Å². The van der Waals surface area contributed by atoms with Crippen molar-refractivity contribution >= 4 is 53.6 Å². The number of rotatable bonds is 22. The number of alkyl halides is 3. The molecule has 0 fully saturated rings. The standard InChI is InChI=1S/C38H57NO4Si.C26H32F3NO6S/c1-14-38(15-2,31-22-23-32(28(4)26-31)39-34(40)17-16-18-35(41)42-11)30-21-19-29(27(3)25-30)20-24-33(36(5,6)7)43-44(12,13)37(8,9)10;1-6-25(7-2,20-12-14-22(18(4)16-20)36-37(33,34)26(27,28)29)19-11-13-21(17(3)15-19)30-23(31)9-8-10-24(32)35-5/h19,21-23,25-26,33H,14-18H2,1-13H3,(H,39,40);11-16H,6-10H2,1-5H3,(H,30,31). The summed E-state index contributed by atoms with van der Waals surface area (Å²) in [4.78, 5) is 47.4. The molecule has 4 rings (SSSR count). The van der Waals surface area contributed by atoms with Crippen LogP contribution in [0.25, 0.3) is 0 Å². The van der Waals surface area contributed by atoms with Gasteiger partial charge in [0.25, 0.3) is 0 Å². The first kappa shape index (κ1) is 69.3. The number of carbonyl (C=O) groups is 4. The molecule has 4 aromatic carbocycles. The number of nitrogens with one attached hydrogen (secondary N) is 2. The van der Waals surface area contributed by atoms with Crippen LogP contribution < -0.4 is 14.8 Å². The van der Waals surface area contributed by atoms with E-state index in [1.54, 1.807) is 18.2 Å².